The summed E-state index contributed by atoms with van der Waals surface area (Å²) in [5.41, 5.74) is 14.1. The number of nitrogens with two attached hydrogens (primary N) is 2. The second kappa shape index (κ2) is 4.96. The predicted octanol–water partition coefficient (Wildman–Crippen LogP) is 2.63. The topological polar surface area (TPSA) is 55.3 Å². The third kappa shape index (κ3) is 2.53. The maximum absolute atomic E-state index is 13.5. The van der Waals surface area contributed by atoms with Gasteiger partial charge >= 0.3 is 0 Å². The molecule has 94 valence electrons. The number of anilines is 3. The van der Waals surface area contributed by atoms with E-state index in [0.717, 1.165) is 5.69 Å². The lowest BCUT2D eigenvalue weighted by molar-refractivity contribution is 0.608. The van der Waals surface area contributed by atoms with Crippen molar-refractivity contribution in [1.29, 1.82) is 0 Å². The number of rotatable bonds is 3. The van der Waals surface area contributed by atoms with Crippen molar-refractivity contribution in [3.05, 3.63) is 53.8 Å². The van der Waals surface area contributed by atoms with Crippen molar-refractivity contribution in [3.63, 3.8) is 0 Å². The van der Waals surface area contributed by atoms with Gasteiger partial charge in [0.05, 0.1) is 11.4 Å². The molecule has 0 aliphatic carbocycles. The van der Waals surface area contributed by atoms with Crippen LogP contribution in [0, 0.1) is 5.82 Å². The van der Waals surface area contributed by atoms with Crippen LogP contribution in [0.2, 0.25) is 0 Å². The zero-order valence-electron chi connectivity index (χ0n) is 10.2. The molecule has 0 aliphatic heterocycles. The third-order valence-electron chi connectivity index (χ3n) is 2.88. The van der Waals surface area contributed by atoms with Crippen LogP contribution in [0.3, 0.4) is 0 Å². The molecule has 4 heteroatoms. The van der Waals surface area contributed by atoms with E-state index in [2.05, 4.69) is 0 Å². The van der Waals surface area contributed by atoms with Crippen LogP contribution in [0.1, 0.15) is 5.56 Å². The van der Waals surface area contributed by atoms with E-state index in [4.69, 9.17) is 11.5 Å². The highest BCUT2D eigenvalue weighted by atomic mass is 19.1. The number of hydrogen-bond acceptors (Lipinski definition) is 3. The smallest absolute Gasteiger partial charge is 0.128 e. The Kier molecular flexibility index (Phi) is 3.37. The summed E-state index contributed by atoms with van der Waals surface area (Å²) in [7, 11) is 1.89. The molecule has 2 rings (SSSR count). The van der Waals surface area contributed by atoms with Gasteiger partial charge in [0.25, 0.3) is 0 Å². The van der Waals surface area contributed by atoms with E-state index in [1.807, 2.05) is 24.1 Å². The molecule has 0 aliphatic rings. The van der Waals surface area contributed by atoms with Crippen molar-refractivity contribution in [2.45, 2.75) is 6.54 Å². The summed E-state index contributed by atoms with van der Waals surface area (Å²) < 4.78 is 13.5. The first kappa shape index (κ1) is 12.2. The third-order valence-corrected chi connectivity index (χ3v) is 2.88. The zero-order valence-corrected chi connectivity index (χ0v) is 10.2. The fourth-order valence-corrected chi connectivity index (χ4v) is 1.77. The van der Waals surface area contributed by atoms with Gasteiger partial charge in [-0.15, -0.1) is 0 Å². The Morgan fingerprint density at radius 1 is 1.06 bits per heavy atom. The molecule has 0 bridgehead atoms. The van der Waals surface area contributed by atoms with Gasteiger partial charge in [-0.3, -0.25) is 0 Å². The maximum atomic E-state index is 13.5. The summed E-state index contributed by atoms with van der Waals surface area (Å²) in [5.74, 6) is -0.201. The van der Waals surface area contributed by atoms with Crippen LogP contribution in [0.4, 0.5) is 21.5 Å². The molecule has 2 aromatic rings. The van der Waals surface area contributed by atoms with Gasteiger partial charge in [0.1, 0.15) is 5.82 Å². The lowest BCUT2D eigenvalue weighted by Crippen LogP contribution is -2.17. The zero-order chi connectivity index (χ0) is 13.1. The Hall–Kier alpha value is -2.23. The van der Waals surface area contributed by atoms with Crippen LogP contribution in [0.15, 0.2) is 42.5 Å². The van der Waals surface area contributed by atoms with E-state index in [1.54, 1.807) is 24.3 Å². The van der Waals surface area contributed by atoms with Gasteiger partial charge in [-0.2, -0.15) is 0 Å². The highest BCUT2D eigenvalue weighted by Gasteiger charge is 2.07. The Morgan fingerprint density at radius 3 is 2.44 bits per heavy atom. The van der Waals surface area contributed by atoms with Gasteiger partial charge in [0.2, 0.25) is 0 Å². The highest BCUT2D eigenvalue weighted by molar-refractivity contribution is 5.69. The lowest BCUT2D eigenvalue weighted by atomic mass is 10.2. The summed E-state index contributed by atoms with van der Waals surface area (Å²) in [5, 5.41) is 0. The molecule has 0 radical (unpaired) electrons. The maximum Gasteiger partial charge on any atom is 0.128 e. The molecule has 0 amide bonds. The van der Waals surface area contributed by atoms with Crippen molar-refractivity contribution in [2.75, 3.05) is 23.4 Å². The second-order valence-corrected chi connectivity index (χ2v) is 4.26. The molecule has 18 heavy (non-hydrogen) atoms. The number of nitrogen functional groups attached to an aromatic ring is 2. The average Bonchev–Trinajstić information content (AvgIpc) is 2.35. The minimum absolute atomic E-state index is 0.201. The van der Waals surface area contributed by atoms with Crippen LogP contribution in [-0.2, 0) is 6.54 Å². The summed E-state index contributed by atoms with van der Waals surface area (Å²) in [4.78, 5) is 1.92. The van der Waals surface area contributed by atoms with E-state index >= 15 is 0 Å². The standard InChI is InChI=1S/C14H16FN3/c1-18(9-10-4-2-3-5-12(10)15)11-6-7-13(16)14(17)8-11/h2-8H,9,16-17H2,1H3. The van der Waals surface area contributed by atoms with Crippen molar-refractivity contribution in [3.8, 4) is 0 Å². The van der Waals surface area contributed by atoms with Crippen molar-refractivity contribution < 1.29 is 4.39 Å². The van der Waals surface area contributed by atoms with Crippen molar-refractivity contribution in [1.82, 2.24) is 0 Å². The number of halogens is 1. The van der Waals surface area contributed by atoms with Gasteiger partial charge in [0, 0.05) is 24.8 Å². The molecule has 0 unspecified atom stereocenters. The van der Waals surface area contributed by atoms with Crippen molar-refractivity contribution in [2.24, 2.45) is 0 Å². The molecule has 0 saturated carbocycles. The van der Waals surface area contributed by atoms with E-state index in [-0.39, 0.29) is 5.82 Å². The van der Waals surface area contributed by atoms with Crippen LogP contribution < -0.4 is 16.4 Å². The SMILES string of the molecule is CN(Cc1ccccc1F)c1ccc(N)c(N)c1. The molecule has 0 aromatic heterocycles. The normalized spacial score (nSPS) is 10.3. The van der Waals surface area contributed by atoms with Gasteiger partial charge in [-0.05, 0) is 24.3 Å². The Balaban J connectivity index is 2.19. The second-order valence-electron chi connectivity index (χ2n) is 4.26. The average molecular weight is 245 g/mol. The summed E-state index contributed by atoms with van der Waals surface area (Å²) >= 11 is 0. The predicted molar refractivity (Wildman–Crippen MR) is 73.8 cm³/mol. The summed E-state index contributed by atoms with van der Waals surface area (Å²) in [6.45, 7) is 0.482. The Labute approximate surface area is 106 Å². The molecular weight excluding hydrogens is 229 g/mol. The van der Waals surface area contributed by atoms with Gasteiger partial charge in [-0.25, -0.2) is 4.39 Å². The summed E-state index contributed by atoms with van der Waals surface area (Å²) in [6.07, 6.45) is 0. The molecule has 0 spiro atoms. The molecule has 3 nitrogen and oxygen atoms in total. The van der Waals surface area contributed by atoms with Crippen molar-refractivity contribution >= 4 is 17.1 Å². The van der Waals surface area contributed by atoms with Crippen LogP contribution in [-0.4, -0.2) is 7.05 Å². The van der Waals surface area contributed by atoms with E-state index < -0.39 is 0 Å². The molecular formula is C14H16FN3. The van der Waals surface area contributed by atoms with Crippen LogP contribution in [0.5, 0.6) is 0 Å². The first-order valence-corrected chi connectivity index (χ1v) is 5.67. The monoisotopic (exact) mass is 245 g/mol. The Bertz CT molecular complexity index is 554. The fraction of sp³-hybridized carbons (Fsp3) is 0.143. The van der Waals surface area contributed by atoms with Gasteiger partial charge < -0.3 is 16.4 Å². The lowest BCUT2D eigenvalue weighted by Gasteiger charge is -2.20. The number of hydrogen-bond donors (Lipinski definition) is 2. The van der Waals surface area contributed by atoms with E-state index in [9.17, 15) is 4.39 Å². The van der Waals surface area contributed by atoms with Crippen LogP contribution >= 0.6 is 0 Å². The fourth-order valence-electron chi connectivity index (χ4n) is 1.77. The summed E-state index contributed by atoms with van der Waals surface area (Å²) in [6, 6.07) is 12.1. The number of nitrogens with zero attached hydrogens (tertiary/aromatic N) is 1. The Morgan fingerprint density at radius 2 is 1.78 bits per heavy atom. The largest absolute Gasteiger partial charge is 0.397 e. The van der Waals surface area contributed by atoms with E-state index in [1.165, 1.54) is 6.07 Å². The molecule has 0 fully saturated rings. The molecule has 0 atom stereocenters. The first-order chi connectivity index (χ1) is 8.58. The molecule has 4 N–H and O–H groups in total. The van der Waals surface area contributed by atoms with E-state index in [0.29, 0.717) is 23.5 Å². The molecule has 0 heterocycles. The molecule has 0 saturated heterocycles. The minimum Gasteiger partial charge on any atom is -0.397 e. The van der Waals surface area contributed by atoms with Gasteiger partial charge in [-0.1, -0.05) is 18.2 Å². The van der Waals surface area contributed by atoms with Gasteiger partial charge in [0.15, 0.2) is 0 Å². The highest BCUT2D eigenvalue weighted by Crippen LogP contribution is 2.23. The van der Waals surface area contributed by atoms with Crippen LogP contribution in [0.25, 0.3) is 0 Å². The quantitative estimate of drug-likeness (QED) is 0.817. The first-order valence-electron chi connectivity index (χ1n) is 5.67. The minimum atomic E-state index is -0.201. The number of benzene rings is 2. The molecule has 2 aromatic carbocycles.